The number of ether oxygens (including phenoxy) is 1. The minimum atomic E-state index is -0.357. The molecule has 0 unspecified atom stereocenters. The van der Waals surface area contributed by atoms with Crippen LogP contribution in [0, 0.1) is 11.2 Å². The Morgan fingerprint density at radius 1 is 1.37 bits per heavy atom. The normalized spacial score (nSPS) is 25.1. The van der Waals surface area contributed by atoms with Gasteiger partial charge in [-0.25, -0.2) is 4.39 Å². The van der Waals surface area contributed by atoms with Gasteiger partial charge in [0, 0.05) is 5.92 Å². The largest absolute Gasteiger partial charge is 0.466 e. The van der Waals surface area contributed by atoms with Gasteiger partial charge in [-0.05, 0) is 37.5 Å². The molecule has 2 rings (SSSR count). The van der Waals surface area contributed by atoms with E-state index in [2.05, 4.69) is 6.92 Å². The van der Waals surface area contributed by atoms with Gasteiger partial charge in [-0.2, -0.15) is 0 Å². The van der Waals surface area contributed by atoms with Crippen LogP contribution >= 0.6 is 0 Å². The maximum atomic E-state index is 13.0. The van der Waals surface area contributed by atoms with Gasteiger partial charge in [0.15, 0.2) is 0 Å². The topological polar surface area (TPSA) is 26.3 Å². The van der Waals surface area contributed by atoms with Gasteiger partial charge < -0.3 is 4.74 Å². The predicted octanol–water partition coefficient (Wildman–Crippen LogP) is 4.05. The highest BCUT2D eigenvalue weighted by molar-refractivity contribution is 5.82. The van der Waals surface area contributed by atoms with Gasteiger partial charge in [-0.15, -0.1) is 0 Å². The van der Waals surface area contributed by atoms with Crippen LogP contribution < -0.4 is 0 Å². The monoisotopic (exact) mass is 264 g/mol. The Morgan fingerprint density at radius 3 is 2.63 bits per heavy atom. The summed E-state index contributed by atoms with van der Waals surface area (Å²) in [6.45, 7) is 4.37. The van der Waals surface area contributed by atoms with Gasteiger partial charge in [-0.1, -0.05) is 31.9 Å². The molecular formula is C16H21FO2. The zero-order valence-corrected chi connectivity index (χ0v) is 11.6. The van der Waals surface area contributed by atoms with Crippen LogP contribution in [0.15, 0.2) is 24.3 Å². The third kappa shape index (κ3) is 2.80. The van der Waals surface area contributed by atoms with Crippen molar-refractivity contribution in [1.29, 1.82) is 0 Å². The van der Waals surface area contributed by atoms with E-state index in [1.807, 2.05) is 6.92 Å². The van der Waals surface area contributed by atoms with Crippen molar-refractivity contribution in [2.24, 2.45) is 5.41 Å². The van der Waals surface area contributed by atoms with E-state index in [1.54, 1.807) is 12.1 Å². The summed E-state index contributed by atoms with van der Waals surface area (Å²) in [5.41, 5.74) is 0.690. The van der Waals surface area contributed by atoms with E-state index >= 15 is 0 Å². The zero-order valence-electron chi connectivity index (χ0n) is 11.6. The number of hydrogen-bond donors (Lipinski definition) is 0. The Kier molecular flexibility index (Phi) is 4.23. The lowest BCUT2D eigenvalue weighted by molar-refractivity contribution is -0.150. The van der Waals surface area contributed by atoms with Crippen molar-refractivity contribution >= 4 is 5.97 Å². The molecule has 1 aliphatic rings. The fourth-order valence-corrected chi connectivity index (χ4v) is 2.81. The van der Waals surface area contributed by atoms with Crippen LogP contribution in [-0.4, -0.2) is 12.6 Å². The first-order chi connectivity index (χ1) is 9.14. The minimum Gasteiger partial charge on any atom is -0.466 e. The fourth-order valence-electron chi connectivity index (χ4n) is 2.81. The van der Waals surface area contributed by atoms with Crippen LogP contribution in [0.5, 0.6) is 0 Å². The second kappa shape index (κ2) is 5.72. The van der Waals surface area contributed by atoms with Crippen molar-refractivity contribution in [2.75, 3.05) is 6.61 Å². The minimum absolute atomic E-state index is 0.0854. The summed E-state index contributed by atoms with van der Waals surface area (Å²) in [7, 11) is 0. The first-order valence-corrected chi connectivity index (χ1v) is 7.06. The molecule has 1 aromatic rings. The number of benzene rings is 1. The van der Waals surface area contributed by atoms with Crippen LogP contribution in [0.2, 0.25) is 0 Å². The van der Waals surface area contributed by atoms with E-state index in [0.717, 1.165) is 31.2 Å². The number of unbranched alkanes of at least 4 members (excludes halogenated alkanes) is 1. The Balaban J connectivity index is 2.14. The summed E-state index contributed by atoms with van der Waals surface area (Å²) in [6, 6.07) is 6.49. The third-order valence-corrected chi connectivity index (χ3v) is 4.01. The highest BCUT2D eigenvalue weighted by Crippen LogP contribution is 2.62. The highest BCUT2D eigenvalue weighted by atomic mass is 19.1. The Morgan fingerprint density at radius 2 is 2.05 bits per heavy atom. The Labute approximate surface area is 114 Å². The molecule has 2 atom stereocenters. The molecule has 0 heterocycles. The molecule has 1 fully saturated rings. The van der Waals surface area contributed by atoms with E-state index in [1.165, 1.54) is 12.1 Å². The smallest absolute Gasteiger partial charge is 0.312 e. The van der Waals surface area contributed by atoms with Gasteiger partial charge in [0.2, 0.25) is 0 Å². The van der Waals surface area contributed by atoms with E-state index in [-0.39, 0.29) is 23.1 Å². The summed E-state index contributed by atoms with van der Waals surface area (Å²) in [6.07, 6.45) is 3.79. The second-order valence-corrected chi connectivity index (χ2v) is 5.29. The number of carbonyl (C=O) groups excluding carboxylic acids is 1. The number of halogens is 1. The van der Waals surface area contributed by atoms with Crippen molar-refractivity contribution in [3.8, 4) is 0 Å². The molecule has 19 heavy (non-hydrogen) atoms. The highest BCUT2D eigenvalue weighted by Gasteiger charge is 2.60. The average Bonchev–Trinajstić information content (AvgIpc) is 3.14. The van der Waals surface area contributed by atoms with E-state index in [0.29, 0.717) is 6.61 Å². The maximum Gasteiger partial charge on any atom is 0.312 e. The SMILES string of the molecule is CCCC[C@]1(C(=O)OCC)C[C@@H]1c1ccc(F)cc1. The van der Waals surface area contributed by atoms with Crippen LogP contribution in [0.1, 0.15) is 51.0 Å². The number of rotatable bonds is 6. The van der Waals surface area contributed by atoms with Crippen LogP contribution in [0.25, 0.3) is 0 Å². The Hall–Kier alpha value is -1.38. The second-order valence-electron chi connectivity index (χ2n) is 5.29. The lowest BCUT2D eigenvalue weighted by atomic mass is 9.93. The maximum absolute atomic E-state index is 13.0. The lowest BCUT2D eigenvalue weighted by Gasteiger charge is -2.15. The quantitative estimate of drug-likeness (QED) is 0.724. The molecule has 0 aliphatic heterocycles. The first-order valence-electron chi connectivity index (χ1n) is 7.06. The van der Waals surface area contributed by atoms with Crippen molar-refractivity contribution in [3.05, 3.63) is 35.6 Å². The summed E-state index contributed by atoms with van der Waals surface area (Å²) < 4.78 is 18.2. The first kappa shape index (κ1) is 14.0. The van der Waals surface area contributed by atoms with Crippen molar-refractivity contribution in [2.45, 2.75) is 45.4 Å². The molecular weight excluding hydrogens is 243 g/mol. The van der Waals surface area contributed by atoms with E-state index in [9.17, 15) is 9.18 Å². The number of carbonyl (C=O) groups is 1. The molecule has 0 aromatic heterocycles. The molecule has 1 aliphatic carbocycles. The fraction of sp³-hybridized carbons (Fsp3) is 0.562. The molecule has 2 nitrogen and oxygen atoms in total. The van der Waals surface area contributed by atoms with Crippen LogP contribution in [0.3, 0.4) is 0 Å². The lowest BCUT2D eigenvalue weighted by Crippen LogP contribution is -2.21. The van der Waals surface area contributed by atoms with Crippen molar-refractivity contribution < 1.29 is 13.9 Å². The molecule has 0 saturated heterocycles. The molecule has 0 N–H and O–H groups in total. The molecule has 0 radical (unpaired) electrons. The summed E-state index contributed by atoms with van der Waals surface area (Å²) in [5, 5.41) is 0. The van der Waals surface area contributed by atoms with E-state index < -0.39 is 0 Å². The van der Waals surface area contributed by atoms with Crippen LogP contribution in [-0.2, 0) is 9.53 Å². The number of esters is 1. The Bertz CT molecular complexity index is 441. The van der Waals surface area contributed by atoms with Gasteiger partial charge in [-0.3, -0.25) is 4.79 Å². The molecule has 104 valence electrons. The summed E-state index contributed by atoms with van der Waals surface area (Å²) in [4.78, 5) is 12.2. The van der Waals surface area contributed by atoms with E-state index in [4.69, 9.17) is 4.74 Å². The van der Waals surface area contributed by atoms with Gasteiger partial charge in [0.05, 0.1) is 12.0 Å². The van der Waals surface area contributed by atoms with Gasteiger partial charge >= 0.3 is 5.97 Å². The average molecular weight is 264 g/mol. The number of hydrogen-bond acceptors (Lipinski definition) is 2. The van der Waals surface area contributed by atoms with Crippen LogP contribution in [0.4, 0.5) is 4.39 Å². The molecule has 0 amide bonds. The molecule has 3 heteroatoms. The predicted molar refractivity (Wildman–Crippen MR) is 72.3 cm³/mol. The van der Waals surface area contributed by atoms with Crippen molar-refractivity contribution in [3.63, 3.8) is 0 Å². The zero-order chi connectivity index (χ0) is 13.9. The molecule has 0 bridgehead atoms. The van der Waals surface area contributed by atoms with Gasteiger partial charge in [0.1, 0.15) is 5.82 Å². The van der Waals surface area contributed by atoms with Crippen molar-refractivity contribution in [1.82, 2.24) is 0 Å². The molecule has 0 spiro atoms. The standard InChI is InChI=1S/C16H21FO2/c1-3-5-10-16(15(18)19-4-2)11-14(16)12-6-8-13(17)9-7-12/h6-9,14H,3-5,10-11H2,1-2H3/t14-,16+/m1/s1. The molecule has 1 saturated carbocycles. The summed E-state index contributed by atoms with van der Waals surface area (Å²) in [5.74, 6) is -0.129. The van der Waals surface area contributed by atoms with Gasteiger partial charge in [0.25, 0.3) is 0 Å². The summed E-state index contributed by atoms with van der Waals surface area (Å²) >= 11 is 0. The molecule has 1 aromatic carbocycles. The third-order valence-electron chi connectivity index (χ3n) is 4.01.